The molecule has 1 atom stereocenters. The van der Waals surface area contributed by atoms with E-state index in [-0.39, 0.29) is 11.7 Å². The molecule has 6 heteroatoms. The number of nitrogens with zero attached hydrogens (tertiary/aromatic N) is 2. The van der Waals surface area contributed by atoms with Gasteiger partial charge in [0, 0.05) is 24.5 Å². The van der Waals surface area contributed by atoms with Crippen molar-refractivity contribution < 1.29 is 9.26 Å². The molecule has 2 heterocycles. The zero-order chi connectivity index (χ0) is 14.9. The van der Waals surface area contributed by atoms with Gasteiger partial charge in [-0.05, 0) is 31.5 Å². The van der Waals surface area contributed by atoms with Gasteiger partial charge >= 0.3 is 0 Å². The summed E-state index contributed by atoms with van der Waals surface area (Å²) in [4.78, 5) is 4.44. The van der Waals surface area contributed by atoms with Crippen LogP contribution in [0.25, 0.3) is 0 Å². The van der Waals surface area contributed by atoms with Gasteiger partial charge in [0.25, 0.3) is 5.89 Å². The van der Waals surface area contributed by atoms with E-state index in [0.717, 1.165) is 17.1 Å². The molecule has 1 aliphatic rings. The third-order valence-corrected chi connectivity index (χ3v) is 3.63. The molecule has 0 amide bonds. The van der Waals surface area contributed by atoms with Gasteiger partial charge in [-0.2, -0.15) is 4.98 Å². The van der Waals surface area contributed by atoms with Crippen LogP contribution in [0.3, 0.4) is 0 Å². The Kier molecular flexibility index (Phi) is 3.97. The highest BCUT2D eigenvalue weighted by molar-refractivity contribution is 6.30. The lowest BCUT2D eigenvalue weighted by molar-refractivity contribution is -0.107. The lowest BCUT2D eigenvalue weighted by Gasteiger charge is -2.34. The lowest BCUT2D eigenvalue weighted by Crippen LogP contribution is -2.46. The van der Waals surface area contributed by atoms with Crippen molar-refractivity contribution in [2.45, 2.75) is 32.0 Å². The molecule has 1 unspecified atom stereocenters. The van der Waals surface area contributed by atoms with E-state index >= 15 is 0 Å². The molecule has 1 aromatic carbocycles. The molecule has 1 aliphatic heterocycles. The van der Waals surface area contributed by atoms with Gasteiger partial charge in [0.2, 0.25) is 0 Å². The Hall–Kier alpha value is -1.43. The minimum absolute atomic E-state index is 0.194. The van der Waals surface area contributed by atoms with Crippen LogP contribution in [0.1, 0.15) is 37.2 Å². The number of ether oxygens (including phenoxy) is 1. The van der Waals surface area contributed by atoms with Crippen LogP contribution in [0.4, 0.5) is 0 Å². The number of benzene rings is 1. The fraction of sp³-hybridized carbons (Fsp3) is 0.467. The van der Waals surface area contributed by atoms with Gasteiger partial charge in [-0.3, -0.25) is 0 Å². The topological polar surface area (TPSA) is 60.2 Å². The third kappa shape index (κ3) is 3.61. The first-order chi connectivity index (χ1) is 10.0. The minimum Gasteiger partial charge on any atom is -0.360 e. The van der Waals surface area contributed by atoms with Crippen molar-refractivity contribution >= 4 is 11.6 Å². The number of hydrogen-bond acceptors (Lipinski definition) is 5. The maximum absolute atomic E-state index is 5.96. The summed E-state index contributed by atoms with van der Waals surface area (Å²) in [7, 11) is 0. The van der Waals surface area contributed by atoms with Gasteiger partial charge in [-0.1, -0.05) is 28.9 Å². The van der Waals surface area contributed by atoms with E-state index in [1.165, 1.54) is 0 Å². The van der Waals surface area contributed by atoms with Crippen molar-refractivity contribution in [3.8, 4) is 0 Å². The summed E-state index contributed by atoms with van der Waals surface area (Å²) in [5.74, 6) is 1.18. The summed E-state index contributed by atoms with van der Waals surface area (Å²) >= 11 is 5.87. The highest BCUT2D eigenvalue weighted by Crippen LogP contribution is 2.26. The summed E-state index contributed by atoms with van der Waals surface area (Å²) in [6.45, 7) is 5.58. The SMILES string of the molecule is CC1(C)CNCC(c2nc(Cc3ccc(Cl)cc3)no2)O1. The normalized spacial score (nSPS) is 21.4. The molecule has 3 rings (SSSR count). The first-order valence-electron chi connectivity index (χ1n) is 6.97. The zero-order valence-corrected chi connectivity index (χ0v) is 12.9. The van der Waals surface area contributed by atoms with Crippen LogP contribution in [0.5, 0.6) is 0 Å². The maximum Gasteiger partial charge on any atom is 0.257 e. The summed E-state index contributed by atoms with van der Waals surface area (Å²) in [6.07, 6.45) is 0.421. The fourth-order valence-corrected chi connectivity index (χ4v) is 2.49. The molecule has 112 valence electrons. The average molecular weight is 308 g/mol. The highest BCUT2D eigenvalue weighted by Gasteiger charge is 2.32. The molecule has 0 radical (unpaired) electrons. The van der Waals surface area contributed by atoms with Crippen molar-refractivity contribution in [3.63, 3.8) is 0 Å². The number of aromatic nitrogens is 2. The molecule has 1 N–H and O–H groups in total. The van der Waals surface area contributed by atoms with E-state index < -0.39 is 0 Å². The van der Waals surface area contributed by atoms with E-state index in [9.17, 15) is 0 Å². The second-order valence-electron chi connectivity index (χ2n) is 5.85. The first-order valence-corrected chi connectivity index (χ1v) is 7.35. The Bertz CT molecular complexity index is 610. The summed E-state index contributed by atoms with van der Waals surface area (Å²) in [5, 5.41) is 8.07. The van der Waals surface area contributed by atoms with E-state index in [2.05, 4.69) is 15.5 Å². The molecule has 0 spiro atoms. The lowest BCUT2D eigenvalue weighted by atomic mass is 10.1. The summed E-state index contributed by atoms with van der Waals surface area (Å²) < 4.78 is 11.3. The van der Waals surface area contributed by atoms with E-state index in [0.29, 0.717) is 24.7 Å². The van der Waals surface area contributed by atoms with Gasteiger partial charge in [0.1, 0.15) is 6.10 Å². The van der Waals surface area contributed by atoms with Crippen molar-refractivity contribution in [1.29, 1.82) is 0 Å². The molecule has 1 aromatic heterocycles. The number of rotatable bonds is 3. The van der Waals surface area contributed by atoms with E-state index in [1.54, 1.807) is 0 Å². The maximum atomic E-state index is 5.96. The van der Waals surface area contributed by atoms with Gasteiger partial charge in [-0.25, -0.2) is 0 Å². The predicted molar refractivity (Wildman–Crippen MR) is 79.3 cm³/mol. The van der Waals surface area contributed by atoms with Crippen LogP contribution < -0.4 is 5.32 Å². The Balaban J connectivity index is 1.70. The second kappa shape index (κ2) is 5.75. The molecule has 5 nitrogen and oxygen atoms in total. The molecular weight excluding hydrogens is 290 g/mol. The molecule has 1 saturated heterocycles. The highest BCUT2D eigenvalue weighted by atomic mass is 35.5. The van der Waals surface area contributed by atoms with Crippen LogP contribution in [0.2, 0.25) is 5.02 Å². The first kappa shape index (κ1) is 14.5. The Morgan fingerprint density at radius 3 is 2.81 bits per heavy atom. The zero-order valence-electron chi connectivity index (χ0n) is 12.1. The predicted octanol–water partition coefficient (Wildman–Crippen LogP) is 2.75. The van der Waals surface area contributed by atoms with Crippen LogP contribution >= 0.6 is 11.6 Å². The minimum atomic E-state index is -0.228. The molecule has 2 aromatic rings. The molecule has 0 bridgehead atoms. The van der Waals surface area contributed by atoms with Crippen LogP contribution in [0.15, 0.2) is 28.8 Å². The van der Waals surface area contributed by atoms with E-state index in [1.807, 2.05) is 38.1 Å². The second-order valence-corrected chi connectivity index (χ2v) is 6.29. The Morgan fingerprint density at radius 1 is 1.33 bits per heavy atom. The quantitative estimate of drug-likeness (QED) is 0.945. The van der Waals surface area contributed by atoms with Gasteiger partial charge in [-0.15, -0.1) is 0 Å². The molecule has 0 saturated carbocycles. The van der Waals surface area contributed by atoms with Crippen molar-refractivity contribution in [2.24, 2.45) is 0 Å². The number of halogens is 1. The standard InChI is InChI=1S/C15H18ClN3O2/c1-15(2)9-17-8-12(20-15)14-18-13(19-21-14)7-10-3-5-11(16)6-4-10/h3-6,12,17H,7-9H2,1-2H3. The largest absolute Gasteiger partial charge is 0.360 e. The van der Waals surface area contributed by atoms with Crippen molar-refractivity contribution in [3.05, 3.63) is 46.6 Å². The molecule has 0 aliphatic carbocycles. The van der Waals surface area contributed by atoms with Gasteiger partial charge in [0.15, 0.2) is 5.82 Å². The average Bonchev–Trinajstić information content (AvgIpc) is 2.89. The van der Waals surface area contributed by atoms with E-state index in [4.69, 9.17) is 20.9 Å². The van der Waals surface area contributed by atoms with Crippen LogP contribution in [-0.4, -0.2) is 28.8 Å². The fourth-order valence-electron chi connectivity index (χ4n) is 2.37. The van der Waals surface area contributed by atoms with Crippen molar-refractivity contribution in [2.75, 3.05) is 13.1 Å². The summed E-state index contributed by atoms with van der Waals surface area (Å²) in [6, 6.07) is 7.63. The van der Waals surface area contributed by atoms with Gasteiger partial charge in [0.05, 0.1) is 5.60 Å². The van der Waals surface area contributed by atoms with Crippen molar-refractivity contribution in [1.82, 2.24) is 15.5 Å². The third-order valence-electron chi connectivity index (χ3n) is 3.38. The number of hydrogen-bond donors (Lipinski definition) is 1. The monoisotopic (exact) mass is 307 g/mol. The number of morpholine rings is 1. The molecule has 1 fully saturated rings. The Morgan fingerprint density at radius 2 is 2.10 bits per heavy atom. The van der Waals surface area contributed by atoms with Crippen LogP contribution in [-0.2, 0) is 11.2 Å². The van der Waals surface area contributed by atoms with Gasteiger partial charge < -0.3 is 14.6 Å². The smallest absolute Gasteiger partial charge is 0.257 e. The molecular formula is C15H18ClN3O2. The summed E-state index contributed by atoms with van der Waals surface area (Å²) in [5.41, 5.74) is 0.864. The molecule has 21 heavy (non-hydrogen) atoms. The van der Waals surface area contributed by atoms with Crippen LogP contribution in [0, 0.1) is 0 Å². The Labute approximate surface area is 128 Å². The number of nitrogens with one attached hydrogen (secondary N) is 1.